The number of fused-ring (bicyclic) bond motifs is 2. The molecule has 0 saturated heterocycles. The van der Waals surface area contributed by atoms with Crippen LogP contribution in [0.5, 0.6) is 0 Å². The molecule has 0 aliphatic heterocycles. The number of carboxylic acid groups (broad SMARTS) is 1. The number of rotatable bonds is 5. The molecule has 0 aromatic rings. The fraction of sp³-hybridized carbons (Fsp3) is 0.750. The minimum absolute atomic E-state index is 0.0456. The molecule has 3 aliphatic rings. The smallest absolute Gasteiger partial charge is 0.307 e. The van der Waals surface area contributed by atoms with Gasteiger partial charge in [0.2, 0.25) is 5.91 Å². The first-order valence-corrected chi connectivity index (χ1v) is 9.03. The van der Waals surface area contributed by atoms with Gasteiger partial charge in [-0.2, -0.15) is 11.8 Å². The fourth-order valence-electron chi connectivity index (χ4n) is 4.35. The van der Waals surface area contributed by atoms with Crippen molar-refractivity contribution in [3.63, 3.8) is 0 Å². The standard InChI is InChI=1S/C16H23NO3S/c1-21-16(6-2-3-7-16)9-17-14(18)12-10-4-5-11(8-10)13(12)15(19)20/h4-5,10-13H,2-3,6-9H2,1H3,(H,17,18)(H,19,20). The Bertz CT molecular complexity index is 470. The summed E-state index contributed by atoms with van der Waals surface area (Å²) in [5.41, 5.74) is 0. The second-order valence-corrected chi connectivity index (χ2v) is 7.92. The molecule has 2 fully saturated rings. The van der Waals surface area contributed by atoms with E-state index in [2.05, 4.69) is 11.6 Å². The number of carboxylic acids is 1. The first-order chi connectivity index (χ1) is 10.1. The Hall–Kier alpha value is -0.970. The van der Waals surface area contributed by atoms with E-state index in [1.165, 1.54) is 12.8 Å². The summed E-state index contributed by atoms with van der Waals surface area (Å²) in [4.78, 5) is 24.0. The summed E-state index contributed by atoms with van der Waals surface area (Å²) in [6.07, 6.45) is 11.7. The molecule has 2 N–H and O–H groups in total. The molecule has 4 unspecified atom stereocenters. The van der Waals surface area contributed by atoms with Crippen molar-refractivity contribution in [3.8, 4) is 0 Å². The van der Waals surface area contributed by atoms with E-state index in [0.717, 1.165) is 19.3 Å². The van der Waals surface area contributed by atoms with Gasteiger partial charge in [0, 0.05) is 11.3 Å². The van der Waals surface area contributed by atoms with Crippen molar-refractivity contribution in [2.45, 2.75) is 36.9 Å². The molecule has 1 amide bonds. The van der Waals surface area contributed by atoms with Crippen LogP contribution in [0.4, 0.5) is 0 Å². The lowest BCUT2D eigenvalue weighted by Crippen LogP contribution is -2.45. The fourth-order valence-corrected chi connectivity index (χ4v) is 5.27. The zero-order valence-corrected chi connectivity index (χ0v) is 13.2. The summed E-state index contributed by atoms with van der Waals surface area (Å²) in [6.45, 7) is 0.678. The molecule has 5 heteroatoms. The van der Waals surface area contributed by atoms with Crippen LogP contribution in [-0.2, 0) is 9.59 Å². The van der Waals surface area contributed by atoms with Gasteiger partial charge in [0.1, 0.15) is 0 Å². The molecule has 0 heterocycles. The van der Waals surface area contributed by atoms with Crippen LogP contribution in [0, 0.1) is 23.7 Å². The maximum absolute atomic E-state index is 12.5. The van der Waals surface area contributed by atoms with Crippen molar-refractivity contribution in [2.24, 2.45) is 23.7 Å². The zero-order valence-electron chi connectivity index (χ0n) is 12.4. The van der Waals surface area contributed by atoms with E-state index in [1.54, 1.807) is 0 Å². The maximum Gasteiger partial charge on any atom is 0.307 e. The number of allylic oxidation sites excluding steroid dienone is 2. The maximum atomic E-state index is 12.5. The van der Waals surface area contributed by atoms with Crippen LogP contribution in [0.3, 0.4) is 0 Å². The normalized spacial score (nSPS) is 36.0. The monoisotopic (exact) mass is 309 g/mol. The molecule has 2 saturated carbocycles. The largest absolute Gasteiger partial charge is 0.481 e. The van der Waals surface area contributed by atoms with Gasteiger partial charge in [0.05, 0.1) is 11.8 Å². The zero-order chi connectivity index (χ0) is 15.0. The van der Waals surface area contributed by atoms with Crippen molar-refractivity contribution < 1.29 is 14.7 Å². The summed E-state index contributed by atoms with van der Waals surface area (Å²) in [5, 5.41) is 12.5. The number of hydrogen-bond acceptors (Lipinski definition) is 3. The topological polar surface area (TPSA) is 66.4 Å². The van der Waals surface area contributed by atoms with Crippen LogP contribution in [-0.4, -0.2) is 34.5 Å². The lowest BCUT2D eigenvalue weighted by atomic mass is 9.82. The first kappa shape index (κ1) is 14.9. The van der Waals surface area contributed by atoms with Crippen LogP contribution in [0.15, 0.2) is 12.2 Å². The molecule has 3 rings (SSSR count). The highest BCUT2D eigenvalue weighted by Crippen LogP contribution is 2.48. The Morgan fingerprint density at radius 2 is 1.86 bits per heavy atom. The molecule has 4 nitrogen and oxygen atoms in total. The number of carbonyl (C=O) groups excluding carboxylic acids is 1. The van der Waals surface area contributed by atoms with Crippen LogP contribution in [0.1, 0.15) is 32.1 Å². The lowest BCUT2D eigenvalue weighted by molar-refractivity contribution is -0.147. The number of nitrogens with one attached hydrogen (secondary N) is 1. The van der Waals surface area contributed by atoms with Gasteiger partial charge in [0.15, 0.2) is 0 Å². The summed E-state index contributed by atoms with van der Waals surface area (Å²) in [6, 6.07) is 0. The third-order valence-electron chi connectivity index (χ3n) is 5.58. The summed E-state index contributed by atoms with van der Waals surface area (Å²) >= 11 is 1.84. The van der Waals surface area contributed by atoms with E-state index in [1.807, 2.05) is 23.9 Å². The average Bonchev–Trinajstić information content (AvgIpc) is 3.19. The van der Waals surface area contributed by atoms with Crippen molar-refractivity contribution in [1.29, 1.82) is 0 Å². The van der Waals surface area contributed by atoms with E-state index in [4.69, 9.17) is 0 Å². The van der Waals surface area contributed by atoms with Crippen LogP contribution in [0.2, 0.25) is 0 Å². The minimum Gasteiger partial charge on any atom is -0.481 e. The molecule has 0 aromatic carbocycles. The summed E-state index contributed by atoms with van der Waals surface area (Å²) < 4.78 is 0.168. The Balaban J connectivity index is 1.65. The van der Waals surface area contributed by atoms with Crippen LogP contribution >= 0.6 is 11.8 Å². The SMILES string of the molecule is CSC1(CNC(=O)C2C3C=CC(C3)C2C(=O)O)CCCC1. The highest BCUT2D eigenvalue weighted by Gasteiger charge is 2.51. The van der Waals surface area contributed by atoms with E-state index >= 15 is 0 Å². The van der Waals surface area contributed by atoms with Gasteiger partial charge >= 0.3 is 5.97 Å². The molecular formula is C16H23NO3S. The number of amides is 1. The molecule has 4 atom stereocenters. The predicted octanol–water partition coefficient (Wildman–Crippen LogP) is 2.30. The van der Waals surface area contributed by atoms with Crippen molar-refractivity contribution >= 4 is 23.6 Å². The summed E-state index contributed by atoms with van der Waals surface area (Å²) in [5.74, 6) is -1.63. The van der Waals surface area contributed by atoms with Gasteiger partial charge < -0.3 is 10.4 Å². The van der Waals surface area contributed by atoms with Gasteiger partial charge in [-0.05, 0) is 37.4 Å². The van der Waals surface area contributed by atoms with Gasteiger partial charge in [-0.25, -0.2) is 0 Å². The van der Waals surface area contributed by atoms with Gasteiger partial charge in [-0.15, -0.1) is 0 Å². The molecule has 0 spiro atoms. The summed E-state index contributed by atoms with van der Waals surface area (Å²) in [7, 11) is 0. The van der Waals surface area contributed by atoms with E-state index < -0.39 is 11.9 Å². The first-order valence-electron chi connectivity index (χ1n) is 7.80. The number of hydrogen-bond donors (Lipinski definition) is 2. The van der Waals surface area contributed by atoms with Gasteiger partial charge in [-0.1, -0.05) is 25.0 Å². The van der Waals surface area contributed by atoms with Gasteiger partial charge in [0.25, 0.3) is 0 Å². The molecule has 0 aromatic heterocycles. The predicted molar refractivity (Wildman–Crippen MR) is 83.1 cm³/mol. The van der Waals surface area contributed by atoms with E-state index in [9.17, 15) is 14.7 Å². The van der Waals surface area contributed by atoms with Crippen molar-refractivity contribution in [3.05, 3.63) is 12.2 Å². The van der Waals surface area contributed by atoms with Crippen molar-refractivity contribution in [1.82, 2.24) is 5.32 Å². The quantitative estimate of drug-likeness (QED) is 0.765. The van der Waals surface area contributed by atoms with Crippen molar-refractivity contribution in [2.75, 3.05) is 12.8 Å². The van der Waals surface area contributed by atoms with E-state index in [0.29, 0.717) is 6.54 Å². The second kappa shape index (κ2) is 5.67. The third kappa shape index (κ3) is 2.60. The number of carbonyl (C=O) groups is 2. The molecular weight excluding hydrogens is 286 g/mol. The molecule has 3 aliphatic carbocycles. The van der Waals surface area contributed by atoms with Crippen LogP contribution in [0.25, 0.3) is 0 Å². The average molecular weight is 309 g/mol. The van der Waals surface area contributed by atoms with E-state index in [-0.39, 0.29) is 28.4 Å². The third-order valence-corrected chi connectivity index (χ3v) is 7.00. The Morgan fingerprint density at radius 3 is 2.43 bits per heavy atom. The van der Waals surface area contributed by atoms with Gasteiger partial charge in [-0.3, -0.25) is 9.59 Å². The number of thioether (sulfide) groups is 1. The Labute approximate surface area is 129 Å². The second-order valence-electron chi connectivity index (χ2n) is 6.65. The molecule has 21 heavy (non-hydrogen) atoms. The highest BCUT2D eigenvalue weighted by atomic mass is 32.2. The molecule has 2 bridgehead atoms. The van der Waals surface area contributed by atoms with Crippen LogP contribution < -0.4 is 5.32 Å². The molecule has 0 radical (unpaired) electrons. The highest BCUT2D eigenvalue weighted by molar-refractivity contribution is 8.00. The molecule has 116 valence electrons. The minimum atomic E-state index is -0.826. The number of aliphatic carboxylic acids is 1. The lowest BCUT2D eigenvalue weighted by Gasteiger charge is -2.29. The Morgan fingerprint density at radius 1 is 1.24 bits per heavy atom. The Kier molecular flexibility index (Phi) is 4.04.